The van der Waals surface area contributed by atoms with Crippen molar-refractivity contribution in [1.29, 1.82) is 5.41 Å². The molecule has 1 saturated carbocycles. The maximum atomic E-state index is 13.9. The van der Waals surface area contributed by atoms with E-state index in [2.05, 4.69) is 6.92 Å². The number of hydrogen-bond acceptors (Lipinski definition) is 2. The van der Waals surface area contributed by atoms with Crippen LogP contribution in [-0.4, -0.2) is 11.9 Å². The van der Waals surface area contributed by atoms with Crippen molar-refractivity contribution in [1.82, 2.24) is 0 Å². The summed E-state index contributed by atoms with van der Waals surface area (Å²) < 4.78 is 19.8. The zero-order valence-electron chi connectivity index (χ0n) is 12.0. The minimum atomic E-state index is -0.346. The highest BCUT2D eigenvalue weighted by atomic mass is 19.1. The second kappa shape index (κ2) is 6.84. The summed E-state index contributed by atoms with van der Waals surface area (Å²) in [4.78, 5) is 0. The molecule has 0 spiro atoms. The molecule has 0 bridgehead atoms. The molecule has 2 unspecified atom stereocenters. The van der Waals surface area contributed by atoms with Gasteiger partial charge in [0.25, 0.3) is 0 Å². The van der Waals surface area contributed by atoms with Crippen LogP contribution in [0.1, 0.15) is 50.2 Å². The third kappa shape index (κ3) is 3.57. The Kier molecular flexibility index (Phi) is 5.12. The van der Waals surface area contributed by atoms with Gasteiger partial charge in [0.05, 0.1) is 12.7 Å². The fraction of sp³-hybridized carbons (Fsp3) is 0.562. The van der Waals surface area contributed by atoms with Gasteiger partial charge in [0.15, 0.2) is 0 Å². The molecule has 4 heteroatoms. The molecule has 1 aliphatic rings. The zero-order chi connectivity index (χ0) is 14.5. The Morgan fingerprint density at radius 2 is 2.15 bits per heavy atom. The first-order valence-electron chi connectivity index (χ1n) is 7.36. The van der Waals surface area contributed by atoms with Crippen LogP contribution in [0, 0.1) is 17.1 Å². The average molecular weight is 278 g/mol. The van der Waals surface area contributed by atoms with Crippen LogP contribution in [0.5, 0.6) is 0 Å². The van der Waals surface area contributed by atoms with Crippen molar-refractivity contribution in [2.24, 2.45) is 11.7 Å². The van der Waals surface area contributed by atoms with Crippen LogP contribution < -0.4 is 5.73 Å². The normalized spacial score (nSPS) is 22.7. The molecule has 0 saturated heterocycles. The van der Waals surface area contributed by atoms with Crippen LogP contribution in [0.4, 0.5) is 4.39 Å². The summed E-state index contributed by atoms with van der Waals surface area (Å²) in [6.07, 6.45) is 6.14. The van der Waals surface area contributed by atoms with E-state index in [1.165, 1.54) is 25.3 Å². The average Bonchev–Trinajstić information content (AvgIpc) is 2.46. The van der Waals surface area contributed by atoms with E-state index in [0.29, 0.717) is 23.7 Å². The van der Waals surface area contributed by atoms with Gasteiger partial charge in [0, 0.05) is 11.1 Å². The Balaban J connectivity index is 1.98. The van der Waals surface area contributed by atoms with Gasteiger partial charge in [-0.25, -0.2) is 4.39 Å². The van der Waals surface area contributed by atoms with Crippen LogP contribution >= 0.6 is 0 Å². The molecule has 0 aliphatic heterocycles. The molecule has 0 radical (unpaired) electrons. The van der Waals surface area contributed by atoms with Crippen LogP contribution in [0.3, 0.4) is 0 Å². The second-order valence-electron chi connectivity index (χ2n) is 5.52. The number of amidine groups is 1. The Morgan fingerprint density at radius 1 is 1.40 bits per heavy atom. The van der Waals surface area contributed by atoms with Crippen molar-refractivity contribution >= 4 is 5.84 Å². The number of halogens is 1. The van der Waals surface area contributed by atoms with Crippen LogP contribution in [-0.2, 0) is 11.3 Å². The first-order chi connectivity index (χ1) is 9.61. The molecule has 110 valence electrons. The Hall–Kier alpha value is -1.42. The van der Waals surface area contributed by atoms with Gasteiger partial charge in [-0.15, -0.1) is 0 Å². The van der Waals surface area contributed by atoms with E-state index in [1.54, 1.807) is 12.1 Å². The van der Waals surface area contributed by atoms with Gasteiger partial charge in [0.2, 0.25) is 0 Å². The smallest absolute Gasteiger partial charge is 0.129 e. The van der Waals surface area contributed by atoms with E-state index < -0.39 is 0 Å². The number of nitrogens with two attached hydrogens (primary N) is 1. The van der Waals surface area contributed by atoms with Gasteiger partial charge < -0.3 is 10.5 Å². The molecule has 20 heavy (non-hydrogen) atoms. The molecule has 0 aromatic heterocycles. The van der Waals surface area contributed by atoms with Crippen LogP contribution in [0.15, 0.2) is 18.2 Å². The molecular formula is C16H23FN2O. The lowest BCUT2D eigenvalue weighted by Crippen LogP contribution is -2.27. The maximum Gasteiger partial charge on any atom is 0.129 e. The third-order valence-electron chi connectivity index (χ3n) is 4.18. The van der Waals surface area contributed by atoms with Crippen molar-refractivity contribution in [2.45, 2.75) is 51.7 Å². The fourth-order valence-corrected chi connectivity index (χ4v) is 2.89. The molecule has 3 N–H and O–H groups in total. The topological polar surface area (TPSA) is 59.1 Å². The number of nitrogen functional groups attached to an aromatic ring is 1. The summed E-state index contributed by atoms with van der Waals surface area (Å²) in [6, 6.07) is 4.64. The molecule has 2 atom stereocenters. The van der Waals surface area contributed by atoms with E-state index >= 15 is 0 Å². The van der Waals surface area contributed by atoms with E-state index in [9.17, 15) is 4.39 Å². The summed E-state index contributed by atoms with van der Waals surface area (Å²) >= 11 is 0. The Morgan fingerprint density at radius 3 is 2.80 bits per heavy atom. The Labute approximate surface area is 119 Å². The van der Waals surface area contributed by atoms with E-state index in [-0.39, 0.29) is 17.8 Å². The van der Waals surface area contributed by atoms with E-state index in [1.807, 2.05) is 0 Å². The quantitative estimate of drug-likeness (QED) is 0.638. The highest BCUT2D eigenvalue weighted by Crippen LogP contribution is 2.30. The lowest BCUT2D eigenvalue weighted by Gasteiger charge is -2.30. The predicted octanol–water partition coefficient (Wildman–Crippen LogP) is 3.60. The molecular weight excluding hydrogens is 255 g/mol. The standard InChI is InChI=1S/C16H23FN2O/c1-2-11-5-3-4-6-15(11)20-10-13-8-7-12(16(18)19)9-14(13)17/h7-9,11,15H,2-6,10H2,1H3,(H3,18,19). The zero-order valence-corrected chi connectivity index (χ0v) is 12.0. The summed E-state index contributed by atoms with van der Waals surface area (Å²) in [7, 11) is 0. The first kappa shape index (κ1) is 15.0. The summed E-state index contributed by atoms with van der Waals surface area (Å²) in [5.41, 5.74) is 6.29. The van der Waals surface area contributed by atoms with E-state index in [4.69, 9.17) is 15.9 Å². The number of hydrogen-bond donors (Lipinski definition) is 2. The SMILES string of the molecule is CCC1CCCCC1OCc1ccc(C(=N)N)cc1F. The number of nitrogens with one attached hydrogen (secondary N) is 1. The number of ether oxygens (including phenoxy) is 1. The second-order valence-corrected chi connectivity index (χ2v) is 5.52. The lowest BCUT2D eigenvalue weighted by atomic mass is 9.85. The molecule has 0 amide bonds. The number of benzene rings is 1. The third-order valence-corrected chi connectivity index (χ3v) is 4.18. The highest BCUT2D eigenvalue weighted by molar-refractivity contribution is 5.94. The van der Waals surface area contributed by atoms with Crippen LogP contribution in [0.2, 0.25) is 0 Å². The molecule has 1 aliphatic carbocycles. The Bertz CT molecular complexity index is 476. The van der Waals surface area contributed by atoms with E-state index in [0.717, 1.165) is 12.8 Å². The minimum absolute atomic E-state index is 0.116. The number of rotatable bonds is 5. The summed E-state index contributed by atoms with van der Waals surface area (Å²) in [5, 5.41) is 7.30. The fourth-order valence-electron chi connectivity index (χ4n) is 2.89. The van der Waals surface area contributed by atoms with Gasteiger partial charge in [-0.3, -0.25) is 5.41 Å². The van der Waals surface area contributed by atoms with Crippen molar-refractivity contribution < 1.29 is 9.13 Å². The monoisotopic (exact) mass is 278 g/mol. The predicted molar refractivity (Wildman–Crippen MR) is 78.2 cm³/mol. The summed E-state index contributed by atoms with van der Waals surface area (Å²) in [6.45, 7) is 2.49. The molecule has 3 nitrogen and oxygen atoms in total. The van der Waals surface area contributed by atoms with Crippen molar-refractivity contribution in [3.8, 4) is 0 Å². The minimum Gasteiger partial charge on any atom is -0.384 e. The van der Waals surface area contributed by atoms with Crippen molar-refractivity contribution in [2.75, 3.05) is 0 Å². The van der Waals surface area contributed by atoms with Gasteiger partial charge >= 0.3 is 0 Å². The molecule has 2 rings (SSSR count). The largest absolute Gasteiger partial charge is 0.384 e. The molecule has 1 aromatic carbocycles. The first-order valence-corrected chi connectivity index (χ1v) is 7.36. The van der Waals surface area contributed by atoms with Crippen molar-refractivity contribution in [3.63, 3.8) is 0 Å². The highest BCUT2D eigenvalue weighted by Gasteiger charge is 2.24. The van der Waals surface area contributed by atoms with Gasteiger partial charge in [0.1, 0.15) is 11.7 Å². The lowest BCUT2D eigenvalue weighted by molar-refractivity contribution is -0.0231. The summed E-state index contributed by atoms with van der Waals surface area (Å²) in [5.74, 6) is 0.138. The van der Waals surface area contributed by atoms with Crippen molar-refractivity contribution in [3.05, 3.63) is 35.1 Å². The van der Waals surface area contributed by atoms with Crippen LogP contribution in [0.25, 0.3) is 0 Å². The van der Waals surface area contributed by atoms with Gasteiger partial charge in [-0.2, -0.15) is 0 Å². The molecule has 1 fully saturated rings. The maximum absolute atomic E-state index is 13.9. The molecule has 1 aromatic rings. The van der Waals surface area contributed by atoms with Gasteiger partial charge in [-0.05, 0) is 24.8 Å². The molecule has 0 heterocycles. The van der Waals surface area contributed by atoms with Gasteiger partial charge in [-0.1, -0.05) is 38.3 Å².